The molecule has 0 amide bonds. The summed E-state index contributed by atoms with van der Waals surface area (Å²) >= 11 is 13.3. The van der Waals surface area contributed by atoms with E-state index in [0.717, 1.165) is 12.2 Å². The highest BCUT2D eigenvalue weighted by atomic mass is 35.5. The largest absolute Gasteiger partial charge is 0.476 e. The number of ether oxygens (including phenoxy) is 1. The van der Waals surface area contributed by atoms with E-state index in [2.05, 4.69) is 22.3 Å². The maximum Gasteiger partial charge on any atom is 0.284 e. The summed E-state index contributed by atoms with van der Waals surface area (Å²) in [7, 11) is 0. The number of hydrogen-bond donors (Lipinski definition) is 1. The Labute approximate surface area is 130 Å². The fourth-order valence-corrected chi connectivity index (χ4v) is 2.58. The van der Waals surface area contributed by atoms with E-state index in [1.165, 1.54) is 4.90 Å². The second kappa shape index (κ2) is 7.57. The number of thioether (sulfide) groups is 1. The molecule has 7 heteroatoms. The number of benzene rings is 1. The van der Waals surface area contributed by atoms with Gasteiger partial charge in [0.1, 0.15) is 10.0 Å². The molecule has 0 atom stereocenters. The van der Waals surface area contributed by atoms with Crippen LogP contribution in [0.3, 0.4) is 0 Å². The third kappa shape index (κ3) is 4.16. The molecule has 0 aliphatic heterocycles. The lowest BCUT2D eigenvalue weighted by Gasteiger charge is -2.06. The van der Waals surface area contributed by atoms with Gasteiger partial charge in [0.2, 0.25) is 0 Å². The molecular weight excluding hydrogens is 319 g/mol. The van der Waals surface area contributed by atoms with E-state index in [-0.39, 0.29) is 15.9 Å². The van der Waals surface area contributed by atoms with Gasteiger partial charge in [0.05, 0.1) is 6.61 Å². The van der Waals surface area contributed by atoms with Crippen molar-refractivity contribution in [3.05, 3.63) is 50.7 Å². The van der Waals surface area contributed by atoms with E-state index in [9.17, 15) is 4.79 Å². The zero-order valence-corrected chi connectivity index (χ0v) is 12.8. The second-order valence-corrected chi connectivity index (χ2v) is 5.77. The van der Waals surface area contributed by atoms with Crippen LogP contribution in [0.15, 0.2) is 40.0 Å². The molecule has 1 N–H and O–H groups in total. The van der Waals surface area contributed by atoms with Gasteiger partial charge in [0.15, 0.2) is 0 Å². The van der Waals surface area contributed by atoms with Gasteiger partial charge < -0.3 is 4.74 Å². The molecule has 2 rings (SSSR count). The van der Waals surface area contributed by atoms with Crippen LogP contribution < -0.4 is 10.3 Å². The maximum absolute atomic E-state index is 11.1. The van der Waals surface area contributed by atoms with Gasteiger partial charge in [-0.1, -0.05) is 41.4 Å². The minimum atomic E-state index is -0.524. The molecule has 4 nitrogen and oxygen atoms in total. The number of nitrogens with one attached hydrogen (secondary N) is 1. The van der Waals surface area contributed by atoms with Crippen molar-refractivity contribution in [2.75, 3.05) is 12.4 Å². The van der Waals surface area contributed by atoms with Crippen LogP contribution in [0.5, 0.6) is 5.88 Å². The van der Waals surface area contributed by atoms with Crippen molar-refractivity contribution < 1.29 is 4.74 Å². The lowest BCUT2D eigenvalue weighted by atomic mass is 10.4. The fourth-order valence-electron chi connectivity index (χ4n) is 1.42. The van der Waals surface area contributed by atoms with Crippen LogP contribution in [0, 0.1) is 0 Å². The lowest BCUT2D eigenvalue weighted by molar-refractivity contribution is 0.302. The van der Waals surface area contributed by atoms with E-state index in [4.69, 9.17) is 27.9 Å². The Hall–Kier alpha value is -1.17. The standard InChI is InChI=1S/C13H12Cl2N2O2S/c14-10-11(15)13(17-16-12(10)18)19-7-4-8-20-9-5-2-1-3-6-9/h1-3,5-6H,4,7-8H2,(H,16,18). The summed E-state index contributed by atoms with van der Waals surface area (Å²) in [6.07, 6.45) is 0.828. The van der Waals surface area contributed by atoms with Crippen molar-refractivity contribution in [1.29, 1.82) is 0 Å². The topological polar surface area (TPSA) is 55.0 Å². The minimum Gasteiger partial charge on any atom is -0.476 e. The Morgan fingerprint density at radius 3 is 2.70 bits per heavy atom. The van der Waals surface area contributed by atoms with Gasteiger partial charge in [-0.3, -0.25) is 4.79 Å². The quantitative estimate of drug-likeness (QED) is 0.649. The summed E-state index contributed by atoms with van der Waals surface area (Å²) in [5.41, 5.74) is -0.524. The third-order valence-corrected chi connectivity index (χ3v) is 4.28. The van der Waals surface area contributed by atoms with E-state index in [1.54, 1.807) is 11.8 Å². The summed E-state index contributed by atoms with van der Waals surface area (Å²) < 4.78 is 5.40. The van der Waals surface area contributed by atoms with Gasteiger partial charge in [-0.15, -0.1) is 16.9 Å². The van der Waals surface area contributed by atoms with Crippen LogP contribution in [-0.2, 0) is 0 Å². The van der Waals surface area contributed by atoms with Crippen LogP contribution in [0.1, 0.15) is 6.42 Å². The molecule has 0 radical (unpaired) electrons. The van der Waals surface area contributed by atoms with E-state index >= 15 is 0 Å². The SMILES string of the molecule is O=c1[nH]nc(OCCCSc2ccccc2)c(Cl)c1Cl. The Bertz CT molecular complexity index is 620. The van der Waals surface area contributed by atoms with Gasteiger partial charge >= 0.3 is 0 Å². The molecule has 0 unspecified atom stereocenters. The number of rotatable bonds is 6. The van der Waals surface area contributed by atoms with Crippen molar-refractivity contribution in [3.63, 3.8) is 0 Å². The van der Waals surface area contributed by atoms with Crippen molar-refractivity contribution in [2.45, 2.75) is 11.3 Å². The molecule has 0 fully saturated rings. The van der Waals surface area contributed by atoms with Crippen molar-refractivity contribution in [3.8, 4) is 5.88 Å². The summed E-state index contributed by atoms with van der Waals surface area (Å²) in [4.78, 5) is 12.4. The van der Waals surface area contributed by atoms with Crippen LogP contribution in [0.4, 0.5) is 0 Å². The predicted molar refractivity (Wildman–Crippen MR) is 82.2 cm³/mol. The molecule has 0 saturated carbocycles. The van der Waals surface area contributed by atoms with Gasteiger partial charge in [-0.05, 0) is 18.6 Å². The molecule has 1 aromatic heterocycles. The molecule has 0 spiro atoms. The average Bonchev–Trinajstić information content (AvgIpc) is 2.48. The van der Waals surface area contributed by atoms with Gasteiger partial charge in [-0.2, -0.15) is 0 Å². The third-order valence-electron chi connectivity index (χ3n) is 2.38. The van der Waals surface area contributed by atoms with E-state index in [0.29, 0.717) is 6.61 Å². The highest BCUT2D eigenvalue weighted by molar-refractivity contribution is 7.99. The number of hydrogen-bond acceptors (Lipinski definition) is 4. The zero-order chi connectivity index (χ0) is 14.4. The number of aromatic amines is 1. The Morgan fingerprint density at radius 2 is 1.95 bits per heavy atom. The van der Waals surface area contributed by atoms with Crippen molar-refractivity contribution in [2.24, 2.45) is 0 Å². The van der Waals surface area contributed by atoms with Gasteiger partial charge in [0, 0.05) is 10.6 Å². The zero-order valence-electron chi connectivity index (χ0n) is 10.4. The molecule has 2 aromatic rings. The van der Waals surface area contributed by atoms with Gasteiger partial charge in [0.25, 0.3) is 11.4 Å². The van der Waals surface area contributed by atoms with Crippen LogP contribution in [-0.4, -0.2) is 22.6 Å². The van der Waals surface area contributed by atoms with Crippen LogP contribution in [0.2, 0.25) is 10.0 Å². The lowest BCUT2D eigenvalue weighted by Crippen LogP contribution is -2.11. The van der Waals surface area contributed by atoms with Crippen molar-refractivity contribution in [1.82, 2.24) is 10.2 Å². The van der Waals surface area contributed by atoms with Gasteiger partial charge in [-0.25, -0.2) is 5.10 Å². The Morgan fingerprint density at radius 1 is 1.20 bits per heavy atom. The second-order valence-electron chi connectivity index (χ2n) is 3.85. The first-order chi connectivity index (χ1) is 9.68. The first-order valence-electron chi connectivity index (χ1n) is 5.93. The summed E-state index contributed by atoms with van der Waals surface area (Å²) in [5, 5.41) is 5.88. The maximum atomic E-state index is 11.1. The van der Waals surface area contributed by atoms with Crippen LogP contribution >= 0.6 is 35.0 Å². The monoisotopic (exact) mass is 330 g/mol. The smallest absolute Gasteiger partial charge is 0.284 e. The van der Waals surface area contributed by atoms with Crippen LogP contribution in [0.25, 0.3) is 0 Å². The molecular formula is C13H12Cl2N2O2S. The first kappa shape index (κ1) is 15.2. The molecule has 0 aliphatic carbocycles. The normalized spacial score (nSPS) is 10.5. The highest BCUT2D eigenvalue weighted by Crippen LogP contribution is 2.26. The minimum absolute atomic E-state index is 0.0473. The Kier molecular flexibility index (Phi) is 5.76. The molecule has 20 heavy (non-hydrogen) atoms. The Balaban J connectivity index is 1.77. The molecule has 1 heterocycles. The van der Waals surface area contributed by atoms with Crippen molar-refractivity contribution >= 4 is 35.0 Å². The first-order valence-corrected chi connectivity index (χ1v) is 7.67. The molecule has 0 saturated heterocycles. The number of halogens is 2. The molecule has 106 valence electrons. The molecule has 0 bridgehead atoms. The number of nitrogens with zero attached hydrogens (tertiary/aromatic N) is 1. The van der Waals surface area contributed by atoms with E-state index < -0.39 is 5.56 Å². The highest BCUT2D eigenvalue weighted by Gasteiger charge is 2.11. The fraction of sp³-hybridized carbons (Fsp3) is 0.231. The summed E-state index contributed by atoms with van der Waals surface area (Å²) in [6, 6.07) is 10.1. The molecule has 0 aliphatic rings. The number of H-pyrrole nitrogens is 1. The van der Waals surface area contributed by atoms with E-state index in [1.807, 2.05) is 18.2 Å². The molecule has 1 aromatic carbocycles. The predicted octanol–water partition coefficient (Wildman–Crippen LogP) is 3.64. The average molecular weight is 331 g/mol. The summed E-state index contributed by atoms with van der Waals surface area (Å²) in [5.74, 6) is 1.07. The number of aromatic nitrogens is 2. The summed E-state index contributed by atoms with van der Waals surface area (Å²) in [6.45, 7) is 0.453.